The summed E-state index contributed by atoms with van der Waals surface area (Å²) in [5, 5.41) is 6.19. The molecule has 1 aromatic rings. The quantitative estimate of drug-likeness (QED) is 0.444. The zero-order chi connectivity index (χ0) is 20.7. The molecule has 1 aliphatic heterocycles. The minimum absolute atomic E-state index is 0.00326. The van der Waals surface area contributed by atoms with Gasteiger partial charge in [0.05, 0.1) is 19.6 Å². The highest BCUT2D eigenvalue weighted by molar-refractivity contribution is 5.92. The third-order valence-electron chi connectivity index (χ3n) is 4.91. The largest absolute Gasteiger partial charge is 0.469 e. The summed E-state index contributed by atoms with van der Waals surface area (Å²) in [6.45, 7) is 10.5. The Morgan fingerprint density at radius 2 is 1.93 bits per heavy atom. The molecule has 0 radical (unpaired) electrons. The summed E-state index contributed by atoms with van der Waals surface area (Å²) < 4.78 is 4.92. The third-order valence-corrected chi connectivity index (χ3v) is 4.91. The first-order chi connectivity index (χ1) is 13.3. The highest BCUT2D eigenvalue weighted by Crippen LogP contribution is 2.24. The summed E-state index contributed by atoms with van der Waals surface area (Å²) in [7, 11) is 1.43. The van der Waals surface area contributed by atoms with Crippen LogP contribution >= 0.6 is 0 Å². The van der Waals surface area contributed by atoms with Crippen molar-refractivity contribution in [3.05, 3.63) is 29.8 Å². The van der Waals surface area contributed by atoms with Gasteiger partial charge in [-0.15, -0.1) is 0 Å². The number of methoxy groups -OCH3 is 1. The van der Waals surface area contributed by atoms with Crippen LogP contribution < -0.4 is 10.6 Å². The Kier molecular flexibility index (Phi) is 7.84. The molecule has 28 heavy (non-hydrogen) atoms. The first-order valence-corrected chi connectivity index (χ1v) is 9.86. The molecular weight excluding hydrogens is 356 g/mol. The standard InChI is InChI=1S/C21H32N4O3/c1-6-22-21(25-12-15(4)18(13-25)20(27)28-5)23-11-16-7-9-17(10-8-16)24-19(26)14(2)3/h7-10,14-15,18H,6,11-13H2,1-5H3,(H,22,23)(H,24,26). The molecule has 154 valence electrons. The molecule has 2 N–H and O–H groups in total. The van der Waals surface area contributed by atoms with Crippen molar-refractivity contribution in [2.75, 3.05) is 32.1 Å². The number of hydrogen-bond donors (Lipinski definition) is 2. The minimum Gasteiger partial charge on any atom is -0.469 e. The number of ether oxygens (including phenoxy) is 1. The van der Waals surface area contributed by atoms with Gasteiger partial charge in [-0.05, 0) is 30.5 Å². The second-order valence-electron chi connectivity index (χ2n) is 7.52. The molecule has 2 atom stereocenters. The summed E-state index contributed by atoms with van der Waals surface area (Å²) in [6, 6.07) is 7.71. The number of rotatable bonds is 6. The molecular formula is C21H32N4O3. The van der Waals surface area contributed by atoms with Crippen molar-refractivity contribution in [3.63, 3.8) is 0 Å². The summed E-state index contributed by atoms with van der Waals surface area (Å²) in [5.41, 5.74) is 1.84. The van der Waals surface area contributed by atoms with Crippen molar-refractivity contribution in [2.45, 2.75) is 34.2 Å². The number of esters is 1. The number of guanidine groups is 1. The van der Waals surface area contributed by atoms with E-state index in [0.29, 0.717) is 13.1 Å². The van der Waals surface area contributed by atoms with Crippen LogP contribution in [0.4, 0.5) is 5.69 Å². The molecule has 1 fully saturated rings. The first kappa shape index (κ1) is 21.7. The average molecular weight is 389 g/mol. The number of nitrogens with zero attached hydrogens (tertiary/aromatic N) is 2. The molecule has 2 unspecified atom stereocenters. The molecule has 0 bridgehead atoms. The molecule has 7 heteroatoms. The van der Waals surface area contributed by atoms with Crippen molar-refractivity contribution in [2.24, 2.45) is 22.7 Å². The van der Waals surface area contributed by atoms with Gasteiger partial charge in [0.1, 0.15) is 0 Å². The van der Waals surface area contributed by atoms with Gasteiger partial charge in [-0.2, -0.15) is 0 Å². The average Bonchev–Trinajstić information content (AvgIpc) is 3.07. The smallest absolute Gasteiger partial charge is 0.310 e. The molecule has 1 aromatic carbocycles. The van der Waals surface area contributed by atoms with Gasteiger partial charge in [-0.25, -0.2) is 4.99 Å². The molecule has 0 saturated carbocycles. The van der Waals surface area contributed by atoms with Gasteiger partial charge in [-0.3, -0.25) is 9.59 Å². The highest BCUT2D eigenvalue weighted by Gasteiger charge is 2.36. The lowest BCUT2D eigenvalue weighted by Gasteiger charge is -2.21. The number of aliphatic imine (C=N–C) groups is 1. The monoisotopic (exact) mass is 388 g/mol. The molecule has 1 saturated heterocycles. The van der Waals surface area contributed by atoms with E-state index in [1.54, 1.807) is 0 Å². The number of carbonyl (C=O) groups excluding carboxylic acids is 2. The Morgan fingerprint density at radius 3 is 2.50 bits per heavy atom. The minimum atomic E-state index is -0.162. The van der Waals surface area contributed by atoms with E-state index in [0.717, 1.165) is 30.3 Å². The van der Waals surface area contributed by atoms with E-state index >= 15 is 0 Å². The number of benzene rings is 1. The van der Waals surface area contributed by atoms with Crippen LogP contribution in [0.1, 0.15) is 33.3 Å². The van der Waals surface area contributed by atoms with Crippen molar-refractivity contribution < 1.29 is 14.3 Å². The topological polar surface area (TPSA) is 83.0 Å². The Balaban J connectivity index is 2.03. The van der Waals surface area contributed by atoms with Gasteiger partial charge in [0.2, 0.25) is 5.91 Å². The lowest BCUT2D eigenvalue weighted by molar-refractivity contribution is -0.146. The van der Waals surface area contributed by atoms with E-state index < -0.39 is 0 Å². The molecule has 7 nitrogen and oxygen atoms in total. The third kappa shape index (κ3) is 5.71. The van der Waals surface area contributed by atoms with Gasteiger partial charge >= 0.3 is 5.97 Å². The van der Waals surface area contributed by atoms with Gasteiger partial charge in [0.15, 0.2) is 5.96 Å². The van der Waals surface area contributed by atoms with Crippen LogP contribution in [0.15, 0.2) is 29.3 Å². The van der Waals surface area contributed by atoms with Crippen LogP contribution in [0.25, 0.3) is 0 Å². The Morgan fingerprint density at radius 1 is 1.25 bits per heavy atom. The van der Waals surface area contributed by atoms with E-state index in [9.17, 15) is 9.59 Å². The van der Waals surface area contributed by atoms with Crippen LogP contribution in [0, 0.1) is 17.8 Å². The van der Waals surface area contributed by atoms with Crippen molar-refractivity contribution in [3.8, 4) is 0 Å². The SMILES string of the molecule is CCNC(=NCc1ccc(NC(=O)C(C)C)cc1)N1CC(C)C(C(=O)OC)C1. The predicted octanol–water partition coefficient (Wildman–Crippen LogP) is 2.49. The molecule has 2 rings (SSSR count). The maximum atomic E-state index is 11.9. The number of hydrogen-bond acceptors (Lipinski definition) is 4. The van der Waals surface area contributed by atoms with Gasteiger partial charge in [0.25, 0.3) is 0 Å². The van der Waals surface area contributed by atoms with Gasteiger partial charge in [-0.1, -0.05) is 32.9 Å². The van der Waals surface area contributed by atoms with E-state index in [1.807, 2.05) is 45.0 Å². The maximum Gasteiger partial charge on any atom is 0.310 e. The van der Waals surface area contributed by atoms with E-state index in [4.69, 9.17) is 9.73 Å². The van der Waals surface area contributed by atoms with Crippen molar-refractivity contribution in [1.82, 2.24) is 10.2 Å². The number of amides is 1. The maximum absolute atomic E-state index is 11.9. The highest BCUT2D eigenvalue weighted by atomic mass is 16.5. The lowest BCUT2D eigenvalue weighted by atomic mass is 9.99. The molecule has 1 amide bonds. The summed E-state index contributed by atoms with van der Waals surface area (Å²) >= 11 is 0. The van der Waals surface area contributed by atoms with Gasteiger partial charge < -0.3 is 20.3 Å². The zero-order valence-corrected chi connectivity index (χ0v) is 17.5. The lowest BCUT2D eigenvalue weighted by Crippen LogP contribution is -2.40. The fourth-order valence-electron chi connectivity index (χ4n) is 3.17. The molecule has 1 heterocycles. The van der Waals surface area contributed by atoms with E-state index in [2.05, 4.69) is 22.5 Å². The summed E-state index contributed by atoms with van der Waals surface area (Å²) in [5.74, 6) is 0.688. The summed E-state index contributed by atoms with van der Waals surface area (Å²) in [4.78, 5) is 30.6. The van der Waals surface area contributed by atoms with E-state index in [1.165, 1.54) is 7.11 Å². The van der Waals surface area contributed by atoms with Crippen LogP contribution in [-0.2, 0) is 20.9 Å². The van der Waals surface area contributed by atoms with Crippen LogP contribution in [0.5, 0.6) is 0 Å². The number of carbonyl (C=O) groups is 2. The summed E-state index contributed by atoms with van der Waals surface area (Å²) in [6.07, 6.45) is 0. The molecule has 1 aliphatic rings. The predicted molar refractivity (Wildman–Crippen MR) is 111 cm³/mol. The second kappa shape index (κ2) is 10.1. The van der Waals surface area contributed by atoms with Crippen molar-refractivity contribution in [1.29, 1.82) is 0 Å². The molecule has 0 aromatic heterocycles. The fraction of sp³-hybridized carbons (Fsp3) is 0.571. The Bertz CT molecular complexity index is 700. The fourth-order valence-corrected chi connectivity index (χ4v) is 3.17. The number of likely N-dealkylation sites (tertiary alicyclic amines) is 1. The zero-order valence-electron chi connectivity index (χ0n) is 17.5. The first-order valence-electron chi connectivity index (χ1n) is 9.86. The van der Waals surface area contributed by atoms with Crippen molar-refractivity contribution >= 4 is 23.5 Å². The molecule has 0 aliphatic carbocycles. The number of nitrogens with one attached hydrogen (secondary N) is 2. The van der Waals surface area contributed by atoms with Crippen LogP contribution in [-0.4, -0.2) is 49.5 Å². The van der Waals surface area contributed by atoms with Crippen LogP contribution in [0.2, 0.25) is 0 Å². The normalized spacial score (nSPS) is 19.6. The second-order valence-corrected chi connectivity index (χ2v) is 7.52. The number of anilines is 1. The Labute approximate surface area is 167 Å². The Hall–Kier alpha value is -2.57. The molecule has 0 spiro atoms. The van der Waals surface area contributed by atoms with Crippen LogP contribution in [0.3, 0.4) is 0 Å². The van der Waals surface area contributed by atoms with Gasteiger partial charge in [0, 0.05) is 31.2 Å². The van der Waals surface area contributed by atoms with E-state index in [-0.39, 0.29) is 29.6 Å².